The Morgan fingerprint density at radius 2 is 1.70 bits per heavy atom. The summed E-state index contributed by atoms with van der Waals surface area (Å²) in [7, 11) is 1.81. The van der Waals surface area contributed by atoms with Crippen molar-refractivity contribution in [3.05, 3.63) is 0 Å². The molecule has 0 atom stereocenters. The Balaban J connectivity index is 1.66. The van der Waals surface area contributed by atoms with Gasteiger partial charge in [-0.25, -0.2) is 4.79 Å². The molecule has 2 fully saturated rings. The molecule has 2 aliphatic rings. The average Bonchev–Trinajstić information content (AvgIpc) is 2.49. The van der Waals surface area contributed by atoms with E-state index >= 15 is 0 Å². The lowest BCUT2D eigenvalue weighted by Crippen LogP contribution is -2.48. The second-order valence-electron chi connectivity index (χ2n) is 5.84. The van der Waals surface area contributed by atoms with Crippen molar-refractivity contribution in [1.82, 2.24) is 10.2 Å². The molecular formula is C15H28N2O3. The number of rotatable bonds is 4. The van der Waals surface area contributed by atoms with Crippen molar-refractivity contribution >= 4 is 6.09 Å². The summed E-state index contributed by atoms with van der Waals surface area (Å²) in [6, 6.07) is 1.17. The standard InChI is InChI=1S/C15H28N2O3/c1-3-20-15(18)17-10-8-13(9-11-17)16-12-4-6-14(19-2)7-5-12/h12-14,16H,3-11H2,1-2H3. The van der Waals surface area contributed by atoms with Crippen LogP contribution in [0.15, 0.2) is 0 Å². The van der Waals surface area contributed by atoms with Crippen molar-refractivity contribution < 1.29 is 14.3 Å². The van der Waals surface area contributed by atoms with Gasteiger partial charge in [-0.2, -0.15) is 0 Å². The fourth-order valence-electron chi connectivity index (χ4n) is 3.24. The average molecular weight is 284 g/mol. The van der Waals surface area contributed by atoms with Crippen LogP contribution in [-0.4, -0.2) is 56.0 Å². The van der Waals surface area contributed by atoms with E-state index in [-0.39, 0.29) is 6.09 Å². The van der Waals surface area contributed by atoms with Gasteiger partial charge in [-0.3, -0.25) is 0 Å². The lowest BCUT2D eigenvalue weighted by molar-refractivity contribution is 0.0583. The van der Waals surface area contributed by atoms with Crippen LogP contribution in [-0.2, 0) is 9.47 Å². The first-order valence-corrected chi connectivity index (χ1v) is 7.93. The number of amides is 1. The van der Waals surface area contributed by atoms with Crippen LogP contribution in [0.25, 0.3) is 0 Å². The first-order chi connectivity index (χ1) is 9.72. The maximum absolute atomic E-state index is 11.6. The highest BCUT2D eigenvalue weighted by atomic mass is 16.6. The van der Waals surface area contributed by atoms with Gasteiger partial charge in [0.2, 0.25) is 0 Å². The van der Waals surface area contributed by atoms with E-state index in [0.717, 1.165) is 38.8 Å². The van der Waals surface area contributed by atoms with Gasteiger partial charge in [-0.1, -0.05) is 0 Å². The summed E-state index contributed by atoms with van der Waals surface area (Å²) in [4.78, 5) is 13.5. The van der Waals surface area contributed by atoms with Crippen LogP contribution in [0, 0.1) is 0 Å². The molecule has 1 aliphatic carbocycles. The van der Waals surface area contributed by atoms with Gasteiger partial charge in [-0.15, -0.1) is 0 Å². The van der Waals surface area contributed by atoms with E-state index in [2.05, 4.69) is 5.32 Å². The second-order valence-corrected chi connectivity index (χ2v) is 5.84. The highest BCUT2D eigenvalue weighted by Crippen LogP contribution is 2.22. The maximum atomic E-state index is 11.6. The van der Waals surface area contributed by atoms with E-state index in [9.17, 15) is 4.79 Å². The van der Waals surface area contributed by atoms with Crippen molar-refractivity contribution in [2.45, 2.75) is 63.6 Å². The minimum absolute atomic E-state index is 0.161. The SMILES string of the molecule is CCOC(=O)N1CCC(NC2CCC(OC)CC2)CC1. The number of nitrogens with one attached hydrogen (secondary N) is 1. The van der Waals surface area contributed by atoms with Crippen molar-refractivity contribution in [3.63, 3.8) is 0 Å². The molecule has 1 heterocycles. The number of carbonyl (C=O) groups excluding carboxylic acids is 1. The van der Waals surface area contributed by atoms with Gasteiger partial charge in [0.1, 0.15) is 0 Å². The minimum atomic E-state index is -0.161. The number of hydrogen-bond acceptors (Lipinski definition) is 4. The van der Waals surface area contributed by atoms with Crippen LogP contribution in [0.4, 0.5) is 4.79 Å². The van der Waals surface area contributed by atoms with E-state index in [1.54, 1.807) is 0 Å². The third-order valence-electron chi connectivity index (χ3n) is 4.50. The van der Waals surface area contributed by atoms with Gasteiger partial charge in [0, 0.05) is 32.3 Å². The molecule has 0 radical (unpaired) electrons. The molecule has 2 rings (SSSR count). The topological polar surface area (TPSA) is 50.8 Å². The van der Waals surface area contributed by atoms with E-state index in [1.165, 1.54) is 12.8 Å². The Morgan fingerprint density at radius 3 is 2.25 bits per heavy atom. The highest BCUT2D eigenvalue weighted by Gasteiger charge is 2.27. The van der Waals surface area contributed by atoms with Crippen molar-refractivity contribution in [1.29, 1.82) is 0 Å². The molecule has 116 valence electrons. The lowest BCUT2D eigenvalue weighted by Gasteiger charge is -2.36. The van der Waals surface area contributed by atoms with Gasteiger partial charge in [0.05, 0.1) is 12.7 Å². The molecule has 1 saturated heterocycles. The van der Waals surface area contributed by atoms with Gasteiger partial charge >= 0.3 is 6.09 Å². The molecule has 1 amide bonds. The van der Waals surface area contributed by atoms with Crippen LogP contribution in [0.2, 0.25) is 0 Å². The third-order valence-corrected chi connectivity index (χ3v) is 4.50. The molecule has 0 aromatic heterocycles. The van der Waals surface area contributed by atoms with E-state index in [1.807, 2.05) is 18.9 Å². The van der Waals surface area contributed by atoms with Crippen molar-refractivity contribution in [2.75, 3.05) is 26.8 Å². The summed E-state index contributed by atoms with van der Waals surface area (Å²) in [5.41, 5.74) is 0. The van der Waals surface area contributed by atoms with Crippen LogP contribution >= 0.6 is 0 Å². The molecule has 0 aromatic carbocycles. The number of methoxy groups -OCH3 is 1. The normalized spacial score (nSPS) is 28.4. The quantitative estimate of drug-likeness (QED) is 0.859. The van der Waals surface area contributed by atoms with Crippen LogP contribution < -0.4 is 5.32 Å². The molecule has 20 heavy (non-hydrogen) atoms. The number of likely N-dealkylation sites (tertiary alicyclic amines) is 1. The number of nitrogens with zero attached hydrogens (tertiary/aromatic N) is 1. The summed E-state index contributed by atoms with van der Waals surface area (Å²) in [6.45, 7) is 3.93. The summed E-state index contributed by atoms with van der Waals surface area (Å²) >= 11 is 0. The Morgan fingerprint density at radius 1 is 1.10 bits per heavy atom. The molecule has 1 aliphatic heterocycles. The zero-order chi connectivity index (χ0) is 14.4. The number of ether oxygens (including phenoxy) is 2. The lowest BCUT2D eigenvalue weighted by atomic mass is 9.91. The summed E-state index contributed by atoms with van der Waals surface area (Å²) < 4.78 is 10.5. The van der Waals surface area contributed by atoms with Crippen LogP contribution in [0.3, 0.4) is 0 Å². The number of hydrogen-bond donors (Lipinski definition) is 1. The molecule has 5 heteroatoms. The zero-order valence-corrected chi connectivity index (χ0v) is 12.8. The van der Waals surface area contributed by atoms with E-state index < -0.39 is 0 Å². The number of piperidine rings is 1. The second kappa shape index (κ2) is 7.84. The molecule has 5 nitrogen and oxygen atoms in total. The van der Waals surface area contributed by atoms with Gasteiger partial charge in [0.25, 0.3) is 0 Å². The maximum Gasteiger partial charge on any atom is 0.409 e. The third kappa shape index (κ3) is 4.35. The molecule has 1 saturated carbocycles. The largest absolute Gasteiger partial charge is 0.450 e. The summed E-state index contributed by atoms with van der Waals surface area (Å²) in [5.74, 6) is 0. The fourth-order valence-corrected chi connectivity index (χ4v) is 3.24. The summed E-state index contributed by atoms with van der Waals surface area (Å²) in [6.07, 6.45) is 7.09. The monoisotopic (exact) mass is 284 g/mol. The van der Waals surface area contributed by atoms with Crippen molar-refractivity contribution in [3.8, 4) is 0 Å². The minimum Gasteiger partial charge on any atom is -0.450 e. The highest BCUT2D eigenvalue weighted by molar-refractivity contribution is 5.67. The molecular weight excluding hydrogens is 256 g/mol. The predicted molar refractivity (Wildman–Crippen MR) is 77.8 cm³/mol. The first kappa shape index (κ1) is 15.6. The van der Waals surface area contributed by atoms with Crippen LogP contribution in [0.1, 0.15) is 45.4 Å². The van der Waals surface area contributed by atoms with Crippen LogP contribution in [0.5, 0.6) is 0 Å². The Labute approximate surface area is 122 Å². The van der Waals surface area contributed by atoms with E-state index in [0.29, 0.717) is 24.8 Å². The van der Waals surface area contributed by atoms with Gasteiger partial charge in [-0.05, 0) is 45.4 Å². The molecule has 0 spiro atoms. The number of carbonyl (C=O) groups is 1. The smallest absolute Gasteiger partial charge is 0.409 e. The van der Waals surface area contributed by atoms with Gasteiger partial charge < -0.3 is 19.7 Å². The summed E-state index contributed by atoms with van der Waals surface area (Å²) in [5, 5.41) is 3.76. The van der Waals surface area contributed by atoms with Crippen molar-refractivity contribution in [2.24, 2.45) is 0 Å². The predicted octanol–water partition coefficient (Wildman–Crippen LogP) is 2.15. The molecule has 0 aromatic rings. The molecule has 1 N–H and O–H groups in total. The van der Waals surface area contributed by atoms with E-state index in [4.69, 9.17) is 9.47 Å². The first-order valence-electron chi connectivity index (χ1n) is 7.93. The molecule has 0 unspecified atom stereocenters. The van der Waals surface area contributed by atoms with Gasteiger partial charge in [0.15, 0.2) is 0 Å². The Bertz CT molecular complexity index is 295. The Kier molecular flexibility index (Phi) is 6.10. The zero-order valence-electron chi connectivity index (χ0n) is 12.8. The fraction of sp³-hybridized carbons (Fsp3) is 0.933. The Hall–Kier alpha value is -0.810. The molecule has 0 bridgehead atoms.